The number of nitrogens with two attached hydrogens (primary N) is 1. The van der Waals surface area contributed by atoms with E-state index in [1.54, 1.807) is 11.9 Å². The summed E-state index contributed by atoms with van der Waals surface area (Å²) in [6, 6.07) is 3.05. The van der Waals surface area contributed by atoms with Crippen LogP contribution in [0.25, 0.3) is 0 Å². The van der Waals surface area contributed by atoms with E-state index in [1.807, 2.05) is 0 Å². The van der Waals surface area contributed by atoms with Crippen LogP contribution in [0.4, 0.5) is 5.69 Å². The van der Waals surface area contributed by atoms with Crippen LogP contribution in [0.3, 0.4) is 0 Å². The summed E-state index contributed by atoms with van der Waals surface area (Å²) < 4.78 is 10.3. The number of likely N-dealkylation sites (N-methyl/N-ethyl adjacent to an activating group) is 1. The smallest absolute Gasteiger partial charge is 0.342 e. The predicted octanol–water partition coefficient (Wildman–Crippen LogP) is 3.12. The summed E-state index contributed by atoms with van der Waals surface area (Å²) >= 11 is 5.95. The lowest BCUT2D eigenvalue weighted by Gasteiger charge is -2.33. The molecule has 0 radical (unpaired) electrons. The second-order valence-electron chi connectivity index (χ2n) is 6.57. The van der Waals surface area contributed by atoms with Crippen LogP contribution in [0.15, 0.2) is 12.1 Å². The van der Waals surface area contributed by atoms with Crippen molar-refractivity contribution in [2.24, 2.45) is 5.92 Å². The van der Waals surface area contributed by atoms with Gasteiger partial charge in [0.05, 0.1) is 17.8 Å². The normalized spacial score (nSPS) is 20.0. The van der Waals surface area contributed by atoms with Crippen LogP contribution in [-0.4, -0.2) is 43.6 Å². The molecule has 1 amide bonds. The Morgan fingerprint density at radius 1 is 1.28 bits per heavy atom. The second-order valence-corrected chi connectivity index (χ2v) is 6.98. The first-order valence-corrected chi connectivity index (χ1v) is 8.77. The minimum Gasteiger partial charge on any atom is -0.496 e. The van der Waals surface area contributed by atoms with E-state index in [4.69, 9.17) is 26.8 Å². The zero-order valence-electron chi connectivity index (χ0n) is 14.9. The molecule has 1 aromatic rings. The maximum Gasteiger partial charge on any atom is 0.342 e. The molecular weight excluding hydrogens is 344 g/mol. The monoisotopic (exact) mass is 368 g/mol. The maximum atomic E-state index is 12.3. The van der Waals surface area contributed by atoms with E-state index in [0.717, 1.165) is 25.7 Å². The molecule has 0 aliphatic heterocycles. The van der Waals surface area contributed by atoms with E-state index < -0.39 is 5.97 Å². The molecule has 7 heteroatoms. The van der Waals surface area contributed by atoms with Crippen LogP contribution in [-0.2, 0) is 9.53 Å². The summed E-state index contributed by atoms with van der Waals surface area (Å²) in [5.41, 5.74) is 6.14. The van der Waals surface area contributed by atoms with Crippen LogP contribution >= 0.6 is 11.6 Å². The standard InChI is InChI=1S/C18H25ClN2O4/c1-11-4-6-12(7-5-11)21(2)17(22)10-25-18(23)13-8-14(19)15(20)9-16(13)24-3/h8-9,11-12H,4-7,10,20H2,1-3H3. The molecule has 1 aliphatic rings. The Kier molecular flexibility index (Phi) is 6.53. The lowest BCUT2D eigenvalue weighted by Crippen LogP contribution is -2.41. The molecule has 1 aromatic carbocycles. The Morgan fingerprint density at radius 2 is 1.92 bits per heavy atom. The summed E-state index contributed by atoms with van der Waals surface area (Å²) in [7, 11) is 3.18. The molecule has 0 spiro atoms. The van der Waals surface area contributed by atoms with Gasteiger partial charge in [-0.3, -0.25) is 4.79 Å². The Labute approximate surface area is 153 Å². The van der Waals surface area contributed by atoms with Gasteiger partial charge in [0, 0.05) is 19.2 Å². The first-order chi connectivity index (χ1) is 11.8. The molecule has 0 bridgehead atoms. The molecule has 2 N–H and O–H groups in total. The van der Waals surface area contributed by atoms with Crippen molar-refractivity contribution in [3.8, 4) is 5.75 Å². The number of benzene rings is 1. The average Bonchev–Trinajstić information content (AvgIpc) is 2.61. The molecule has 0 aromatic heterocycles. The van der Waals surface area contributed by atoms with Gasteiger partial charge in [0.1, 0.15) is 11.3 Å². The van der Waals surface area contributed by atoms with E-state index in [9.17, 15) is 9.59 Å². The van der Waals surface area contributed by atoms with Crippen LogP contribution < -0.4 is 10.5 Å². The number of rotatable bonds is 5. The third kappa shape index (κ3) is 4.78. The van der Waals surface area contributed by atoms with Crippen molar-refractivity contribution in [1.29, 1.82) is 0 Å². The van der Waals surface area contributed by atoms with Crippen molar-refractivity contribution in [3.63, 3.8) is 0 Å². The fourth-order valence-electron chi connectivity index (χ4n) is 3.04. The lowest BCUT2D eigenvalue weighted by atomic mass is 9.87. The summed E-state index contributed by atoms with van der Waals surface area (Å²) in [5.74, 6) is 0.0838. The molecule has 138 valence electrons. The van der Waals surface area contributed by atoms with Crippen molar-refractivity contribution in [3.05, 3.63) is 22.7 Å². The number of anilines is 1. The number of hydrogen-bond acceptors (Lipinski definition) is 5. The Morgan fingerprint density at radius 3 is 2.52 bits per heavy atom. The minimum absolute atomic E-state index is 0.142. The van der Waals surface area contributed by atoms with Crippen LogP contribution in [0.2, 0.25) is 5.02 Å². The lowest BCUT2D eigenvalue weighted by molar-refractivity contribution is -0.136. The number of nitrogens with zero attached hydrogens (tertiary/aromatic N) is 1. The van der Waals surface area contributed by atoms with Crippen LogP contribution in [0.1, 0.15) is 43.0 Å². The van der Waals surface area contributed by atoms with Crippen LogP contribution in [0.5, 0.6) is 5.75 Å². The summed E-state index contributed by atoms with van der Waals surface area (Å²) in [6.45, 7) is 1.91. The quantitative estimate of drug-likeness (QED) is 0.637. The van der Waals surface area contributed by atoms with Gasteiger partial charge in [0.2, 0.25) is 0 Å². The van der Waals surface area contributed by atoms with Gasteiger partial charge in [0.15, 0.2) is 6.61 Å². The van der Waals surface area contributed by atoms with Crippen molar-refractivity contribution < 1.29 is 19.1 Å². The first kappa shape index (κ1) is 19.4. The summed E-state index contributed by atoms with van der Waals surface area (Å²) in [5, 5.41) is 0.229. The number of carbonyl (C=O) groups excluding carboxylic acids is 2. The molecule has 6 nitrogen and oxygen atoms in total. The number of hydrogen-bond donors (Lipinski definition) is 1. The molecule has 1 saturated carbocycles. The third-order valence-electron chi connectivity index (χ3n) is 4.79. The molecule has 0 unspecified atom stereocenters. The number of halogens is 1. The van der Waals surface area contributed by atoms with Gasteiger partial charge in [-0.05, 0) is 37.7 Å². The van der Waals surface area contributed by atoms with Crippen LogP contribution in [0, 0.1) is 5.92 Å². The Balaban J connectivity index is 1.95. The van der Waals surface area contributed by atoms with E-state index in [1.165, 1.54) is 19.2 Å². The fraction of sp³-hybridized carbons (Fsp3) is 0.556. The number of ether oxygens (including phenoxy) is 2. The summed E-state index contributed by atoms with van der Waals surface area (Å²) in [6.07, 6.45) is 4.20. The van der Waals surface area contributed by atoms with Gasteiger partial charge in [0.25, 0.3) is 5.91 Å². The zero-order valence-corrected chi connectivity index (χ0v) is 15.6. The molecule has 0 heterocycles. The van der Waals surface area contributed by atoms with Crippen molar-refractivity contribution in [1.82, 2.24) is 4.90 Å². The minimum atomic E-state index is -0.669. The average molecular weight is 369 g/mol. The van der Waals surface area contributed by atoms with Crippen molar-refractivity contribution in [2.45, 2.75) is 38.6 Å². The van der Waals surface area contributed by atoms with Gasteiger partial charge >= 0.3 is 5.97 Å². The fourth-order valence-corrected chi connectivity index (χ4v) is 3.20. The number of methoxy groups -OCH3 is 1. The molecule has 25 heavy (non-hydrogen) atoms. The number of carbonyl (C=O) groups is 2. The predicted molar refractivity (Wildman–Crippen MR) is 96.9 cm³/mol. The molecule has 1 aliphatic carbocycles. The number of nitrogen functional groups attached to an aromatic ring is 1. The van der Waals surface area contributed by atoms with Gasteiger partial charge in [-0.25, -0.2) is 4.79 Å². The maximum absolute atomic E-state index is 12.3. The summed E-state index contributed by atoms with van der Waals surface area (Å²) in [4.78, 5) is 26.3. The SMILES string of the molecule is COc1cc(N)c(Cl)cc1C(=O)OCC(=O)N(C)C1CCC(C)CC1. The van der Waals surface area contributed by atoms with Gasteiger partial charge < -0.3 is 20.1 Å². The largest absolute Gasteiger partial charge is 0.496 e. The molecular formula is C18H25ClN2O4. The van der Waals surface area contributed by atoms with Gasteiger partial charge in [-0.1, -0.05) is 18.5 Å². The highest BCUT2D eigenvalue weighted by Gasteiger charge is 2.26. The zero-order chi connectivity index (χ0) is 18.6. The molecule has 0 saturated heterocycles. The highest BCUT2D eigenvalue weighted by molar-refractivity contribution is 6.33. The molecule has 2 rings (SSSR count). The van der Waals surface area contributed by atoms with E-state index >= 15 is 0 Å². The van der Waals surface area contributed by atoms with E-state index in [0.29, 0.717) is 11.6 Å². The van der Waals surface area contributed by atoms with Gasteiger partial charge in [-0.15, -0.1) is 0 Å². The third-order valence-corrected chi connectivity index (χ3v) is 5.12. The first-order valence-electron chi connectivity index (χ1n) is 8.39. The topological polar surface area (TPSA) is 81.9 Å². The number of amides is 1. The molecule has 0 atom stereocenters. The van der Waals surface area contributed by atoms with Crippen molar-refractivity contribution in [2.75, 3.05) is 26.5 Å². The highest BCUT2D eigenvalue weighted by Crippen LogP contribution is 2.29. The van der Waals surface area contributed by atoms with Gasteiger partial charge in [-0.2, -0.15) is 0 Å². The Bertz CT molecular complexity index is 642. The molecule has 1 fully saturated rings. The highest BCUT2D eigenvalue weighted by atomic mass is 35.5. The Hall–Kier alpha value is -1.95. The number of esters is 1. The van der Waals surface area contributed by atoms with E-state index in [-0.39, 0.29) is 34.9 Å². The van der Waals surface area contributed by atoms with E-state index in [2.05, 4.69) is 6.92 Å². The van der Waals surface area contributed by atoms with Crippen molar-refractivity contribution >= 4 is 29.2 Å². The second kappa shape index (κ2) is 8.43.